The van der Waals surface area contributed by atoms with Crippen LogP contribution in [0.1, 0.15) is 31.2 Å². The van der Waals surface area contributed by atoms with E-state index in [0.717, 1.165) is 0 Å². The molecule has 4 heteroatoms. The Morgan fingerprint density at radius 3 is 2.75 bits per heavy atom. The lowest BCUT2D eigenvalue weighted by Gasteiger charge is -2.13. The molecule has 0 N–H and O–H groups in total. The van der Waals surface area contributed by atoms with Crippen molar-refractivity contribution in [3.63, 3.8) is 0 Å². The average molecular weight is 275 g/mol. The van der Waals surface area contributed by atoms with Gasteiger partial charge in [0.05, 0.1) is 6.61 Å². The molecule has 0 saturated heterocycles. The summed E-state index contributed by atoms with van der Waals surface area (Å²) < 4.78 is 10.7. The number of ether oxygens (including phenoxy) is 2. The van der Waals surface area contributed by atoms with E-state index in [1.54, 1.807) is 18.0 Å². The third-order valence-electron chi connectivity index (χ3n) is 2.99. The van der Waals surface area contributed by atoms with Gasteiger partial charge in [0.15, 0.2) is 0 Å². The molecule has 0 aliphatic heterocycles. The molecule has 1 aliphatic carbocycles. The zero-order chi connectivity index (χ0) is 14.5. The van der Waals surface area contributed by atoms with Crippen LogP contribution in [0.25, 0.3) is 0 Å². The van der Waals surface area contributed by atoms with E-state index in [4.69, 9.17) is 9.47 Å². The van der Waals surface area contributed by atoms with Gasteiger partial charge in [-0.2, -0.15) is 0 Å². The molecule has 0 aromatic heterocycles. The van der Waals surface area contributed by atoms with Crippen molar-refractivity contribution in [1.82, 2.24) is 4.90 Å². The van der Waals surface area contributed by atoms with Crippen LogP contribution in [-0.4, -0.2) is 31.6 Å². The second-order valence-electron chi connectivity index (χ2n) is 5.13. The van der Waals surface area contributed by atoms with Crippen molar-refractivity contribution >= 4 is 5.97 Å². The molecule has 0 unspecified atom stereocenters. The molecule has 108 valence electrons. The van der Waals surface area contributed by atoms with Crippen molar-refractivity contribution in [3.05, 3.63) is 41.8 Å². The number of hydrogen-bond acceptors (Lipinski definition) is 4. The number of esters is 1. The van der Waals surface area contributed by atoms with E-state index in [2.05, 4.69) is 6.07 Å². The number of hydrogen-bond donors (Lipinski definition) is 0. The Bertz CT molecular complexity index is 504. The van der Waals surface area contributed by atoms with Crippen molar-refractivity contribution in [2.75, 3.05) is 20.7 Å². The normalized spacial score (nSPS) is 14.8. The molecule has 0 heterocycles. The maximum atomic E-state index is 11.9. The van der Waals surface area contributed by atoms with E-state index in [9.17, 15) is 4.79 Å². The molecule has 1 aliphatic rings. The zero-order valence-electron chi connectivity index (χ0n) is 12.3. The maximum absolute atomic E-state index is 11.9. The van der Waals surface area contributed by atoms with Crippen LogP contribution >= 0.6 is 0 Å². The topological polar surface area (TPSA) is 38.8 Å². The lowest BCUT2D eigenvalue weighted by molar-refractivity contribution is -0.141. The van der Waals surface area contributed by atoms with E-state index in [1.165, 1.54) is 18.4 Å². The van der Waals surface area contributed by atoms with Gasteiger partial charge in [-0.25, -0.2) is 4.79 Å². The highest BCUT2D eigenvalue weighted by molar-refractivity contribution is 5.86. The molecular formula is C16H21NO3. The van der Waals surface area contributed by atoms with E-state index in [-0.39, 0.29) is 5.76 Å². The quantitative estimate of drug-likeness (QED) is 0.454. The Morgan fingerprint density at radius 2 is 2.15 bits per heavy atom. The fourth-order valence-electron chi connectivity index (χ4n) is 1.93. The van der Waals surface area contributed by atoms with E-state index >= 15 is 0 Å². The summed E-state index contributed by atoms with van der Waals surface area (Å²) in [5.74, 6) is 1.08. The molecule has 4 nitrogen and oxygen atoms in total. The summed E-state index contributed by atoms with van der Waals surface area (Å²) >= 11 is 0. The number of carbonyl (C=O) groups excluding carboxylic acids is 1. The summed E-state index contributed by atoms with van der Waals surface area (Å²) in [6, 6.07) is 7.92. The zero-order valence-corrected chi connectivity index (χ0v) is 12.3. The Kier molecular flexibility index (Phi) is 4.66. The Hall–Kier alpha value is -1.97. The number of benzene rings is 1. The Balaban J connectivity index is 2.14. The van der Waals surface area contributed by atoms with Gasteiger partial charge in [-0.15, -0.1) is 0 Å². The highest BCUT2D eigenvalue weighted by atomic mass is 16.6. The first-order valence-corrected chi connectivity index (χ1v) is 6.93. The molecule has 2 rings (SSSR count). The first kappa shape index (κ1) is 14.4. The lowest BCUT2D eigenvalue weighted by Crippen LogP contribution is -2.16. The molecular weight excluding hydrogens is 254 g/mol. The largest absolute Gasteiger partial charge is 0.460 e. The first-order chi connectivity index (χ1) is 9.60. The molecule has 0 radical (unpaired) electrons. The smallest absolute Gasteiger partial charge is 0.375 e. The fraction of sp³-hybridized carbons (Fsp3) is 0.438. The minimum Gasteiger partial charge on any atom is -0.460 e. The number of rotatable bonds is 6. The molecule has 20 heavy (non-hydrogen) atoms. The lowest BCUT2D eigenvalue weighted by atomic mass is 10.1. The van der Waals surface area contributed by atoms with Crippen molar-refractivity contribution in [2.45, 2.75) is 25.7 Å². The minimum atomic E-state index is -0.446. The SMILES string of the molecule is CCOC(=O)C(=CN(C)C)Oc1cccc(C2CC2)c1. The summed E-state index contributed by atoms with van der Waals surface area (Å²) in [4.78, 5) is 13.6. The summed E-state index contributed by atoms with van der Waals surface area (Å²) in [6.07, 6.45) is 4.10. The van der Waals surface area contributed by atoms with Crippen molar-refractivity contribution in [2.24, 2.45) is 0 Å². The summed E-state index contributed by atoms with van der Waals surface area (Å²) in [5.41, 5.74) is 1.27. The second-order valence-corrected chi connectivity index (χ2v) is 5.13. The van der Waals surface area contributed by atoms with Crippen LogP contribution in [0.15, 0.2) is 36.2 Å². The number of nitrogens with zero attached hydrogens (tertiary/aromatic N) is 1. The van der Waals surface area contributed by atoms with Gasteiger partial charge in [-0.3, -0.25) is 0 Å². The highest BCUT2D eigenvalue weighted by Gasteiger charge is 2.24. The Labute approximate surface area is 120 Å². The van der Waals surface area contributed by atoms with Crippen LogP contribution in [-0.2, 0) is 9.53 Å². The highest BCUT2D eigenvalue weighted by Crippen LogP contribution is 2.41. The molecule has 0 amide bonds. The summed E-state index contributed by atoms with van der Waals surface area (Å²) in [6.45, 7) is 2.11. The van der Waals surface area contributed by atoms with Crippen molar-refractivity contribution in [1.29, 1.82) is 0 Å². The van der Waals surface area contributed by atoms with Gasteiger partial charge < -0.3 is 14.4 Å². The minimum absolute atomic E-state index is 0.199. The molecule has 1 saturated carbocycles. The van der Waals surface area contributed by atoms with Crippen LogP contribution in [0.2, 0.25) is 0 Å². The van der Waals surface area contributed by atoms with Gasteiger partial charge in [0, 0.05) is 20.3 Å². The van der Waals surface area contributed by atoms with Crippen molar-refractivity contribution < 1.29 is 14.3 Å². The van der Waals surface area contributed by atoms with Gasteiger partial charge in [0.25, 0.3) is 0 Å². The van der Waals surface area contributed by atoms with E-state index in [1.807, 2.05) is 32.3 Å². The molecule has 0 bridgehead atoms. The van der Waals surface area contributed by atoms with Gasteiger partial charge in [0.2, 0.25) is 5.76 Å². The van der Waals surface area contributed by atoms with Gasteiger partial charge in [0.1, 0.15) is 5.75 Å². The van der Waals surface area contributed by atoms with E-state index < -0.39 is 5.97 Å². The predicted molar refractivity (Wildman–Crippen MR) is 77.4 cm³/mol. The third-order valence-corrected chi connectivity index (χ3v) is 2.99. The van der Waals surface area contributed by atoms with Crippen LogP contribution in [0.5, 0.6) is 5.75 Å². The van der Waals surface area contributed by atoms with Gasteiger partial charge in [-0.05, 0) is 43.4 Å². The second kappa shape index (κ2) is 6.46. The third kappa shape index (κ3) is 4.02. The van der Waals surface area contributed by atoms with Gasteiger partial charge >= 0.3 is 5.97 Å². The van der Waals surface area contributed by atoms with Crippen LogP contribution in [0, 0.1) is 0 Å². The maximum Gasteiger partial charge on any atom is 0.375 e. The fourth-order valence-corrected chi connectivity index (χ4v) is 1.93. The molecule has 0 spiro atoms. The average Bonchev–Trinajstić information content (AvgIpc) is 3.22. The number of carbonyl (C=O) groups is 1. The summed E-state index contributed by atoms with van der Waals surface area (Å²) in [5, 5.41) is 0. The standard InChI is InChI=1S/C16H21NO3/c1-4-19-16(18)15(11-17(2)3)20-14-7-5-6-13(10-14)12-8-9-12/h5-7,10-12H,4,8-9H2,1-3H3. The van der Waals surface area contributed by atoms with Crippen molar-refractivity contribution in [3.8, 4) is 5.75 Å². The van der Waals surface area contributed by atoms with E-state index in [0.29, 0.717) is 18.3 Å². The molecule has 1 fully saturated rings. The van der Waals surface area contributed by atoms with Crippen LogP contribution in [0.3, 0.4) is 0 Å². The first-order valence-electron chi connectivity index (χ1n) is 6.93. The molecule has 1 aromatic carbocycles. The van der Waals surface area contributed by atoms with Gasteiger partial charge in [-0.1, -0.05) is 12.1 Å². The van der Waals surface area contributed by atoms with Crippen LogP contribution < -0.4 is 4.74 Å². The molecule has 0 atom stereocenters. The molecule has 1 aromatic rings. The summed E-state index contributed by atoms with van der Waals surface area (Å²) in [7, 11) is 3.67. The Morgan fingerprint density at radius 1 is 1.40 bits per heavy atom. The van der Waals surface area contributed by atoms with Crippen LogP contribution in [0.4, 0.5) is 0 Å². The monoisotopic (exact) mass is 275 g/mol. The predicted octanol–water partition coefficient (Wildman–Crippen LogP) is 2.91.